The van der Waals surface area contributed by atoms with Gasteiger partial charge in [0.1, 0.15) is 17.1 Å². The third-order valence-corrected chi connectivity index (χ3v) is 9.13. The molecule has 6 aromatic rings. The van der Waals surface area contributed by atoms with Crippen molar-refractivity contribution in [3.05, 3.63) is 107 Å². The number of pyridine rings is 3. The largest absolute Gasteiger partial charge is 0.480 e. The van der Waals surface area contributed by atoms with Crippen molar-refractivity contribution < 1.29 is 19.1 Å². The van der Waals surface area contributed by atoms with Gasteiger partial charge in [0.2, 0.25) is 5.91 Å². The van der Waals surface area contributed by atoms with Crippen LogP contribution in [0.1, 0.15) is 54.4 Å². The SMILES string of the molecule is CC(C)c1cc(-c2cccc3cc(-c4ccc(C(=O)NCC#Cc5cc(OC6CCC(=O)NC6=O)ccn5)nc4)ncc23)cc2c1n(C)c(=O)n2C. The number of amides is 3. The molecule has 3 amide bonds. The highest BCUT2D eigenvalue weighted by molar-refractivity contribution is 6.01. The third kappa shape index (κ3) is 6.64. The van der Waals surface area contributed by atoms with Gasteiger partial charge in [-0.1, -0.05) is 38.0 Å². The van der Waals surface area contributed by atoms with Gasteiger partial charge in [-0.05, 0) is 70.3 Å². The van der Waals surface area contributed by atoms with Crippen molar-refractivity contribution in [1.29, 1.82) is 0 Å². The first-order valence-electron chi connectivity index (χ1n) is 16.9. The summed E-state index contributed by atoms with van der Waals surface area (Å²) in [5.41, 5.74) is 7.04. The highest BCUT2D eigenvalue weighted by Crippen LogP contribution is 2.35. The number of rotatable bonds is 7. The van der Waals surface area contributed by atoms with E-state index in [1.807, 2.05) is 37.5 Å². The summed E-state index contributed by atoms with van der Waals surface area (Å²) in [4.78, 5) is 62.3. The summed E-state index contributed by atoms with van der Waals surface area (Å²) in [6.45, 7) is 4.33. The number of fused-ring (bicyclic) bond motifs is 2. The molecule has 12 nitrogen and oxygen atoms in total. The normalized spacial score (nSPS) is 14.3. The van der Waals surface area contributed by atoms with Gasteiger partial charge in [-0.3, -0.25) is 38.8 Å². The molecule has 1 aliphatic rings. The fourth-order valence-corrected chi connectivity index (χ4v) is 6.40. The number of aryl methyl sites for hydroxylation is 2. The van der Waals surface area contributed by atoms with Crippen LogP contribution in [0.4, 0.5) is 0 Å². The molecule has 5 heterocycles. The molecule has 0 saturated carbocycles. The minimum Gasteiger partial charge on any atom is -0.480 e. The molecule has 0 bridgehead atoms. The highest BCUT2D eigenvalue weighted by Gasteiger charge is 2.28. The Morgan fingerprint density at radius 3 is 2.60 bits per heavy atom. The van der Waals surface area contributed by atoms with Crippen molar-refractivity contribution in [2.45, 2.75) is 38.7 Å². The first-order chi connectivity index (χ1) is 25.1. The molecular formula is C40H35N7O5. The van der Waals surface area contributed by atoms with Crippen LogP contribution in [0.2, 0.25) is 0 Å². The van der Waals surface area contributed by atoms with Crippen LogP contribution >= 0.6 is 0 Å². The predicted molar refractivity (Wildman–Crippen MR) is 196 cm³/mol. The smallest absolute Gasteiger partial charge is 0.328 e. The zero-order valence-corrected chi connectivity index (χ0v) is 29.1. The van der Waals surface area contributed by atoms with Crippen molar-refractivity contribution >= 4 is 39.5 Å². The number of imide groups is 1. The Kier molecular flexibility index (Phi) is 9.09. The second-order valence-electron chi connectivity index (χ2n) is 12.9. The number of aromatic nitrogens is 5. The van der Waals surface area contributed by atoms with E-state index in [0.717, 1.165) is 49.8 Å². The zero-order valence-electron chi connectivity index (χ0n) is 29.1. The van der Waals surface area contributed by atoms with Gasteiger partial charge in [-0.25, -0.2) is 9.78 Å². The van der Waals surface area contributed by atoms with Gasteiger partial charge in [0.15, 0.2) is 6.10 Å². The molecule has 7 rings (SSSR count). The number of piperidine rings is 1. The first-order valence-corrected chi connectivity index (χ1v) is 16.9. The van der Waals surface area contributed by atoms with E-state index in [1.165, 1.54) is 6.20 Å². The summed E-state index contributed by atoms with van der Waals surface area (Å²) >= 11 is 0. The Morgan fingerprint density at radius 2 is 1.83 bits per heavy atom. The monoisotopic (exact) mass is 693 g/mol. The van der Waals surface area contributed by atoms with Crippen LogP contribution in [0.25, 0.3) is 44.2 Å². The molecule has 0 radical (unpaired) electrons. The molecule has 2 N–H and O–H groups in total. The summed E-state index contributed by atoms with van der Waals surface area (Å²) in [5, 5.41) is 6.98. The average Bonchev–Trinajstić information content (AvgIpc) is 3.37. The predicted octanol–water partition coefficient (Wildman–Crippen LogP) is 4.64. The summed E-state index contributed by atoms with van der Waals surface area (Å²) < 4.78 is 9.12. The molecule has 260 valence electrons. The van der Waals surface area contributed by atoms with E-state index in [2.05, 4.69) is 64.5 Å². The lowest BCUT2D eigenvalue weighted by molar-refractivity contribution is -0.138. The van der Waals surface area contributed by atoms with E-state index < -0.39 is 12.0 Å². The van der Waals surface area contributed by atoms with Crippen LogP contribution < -0.4 is 21.1 Å². The second kappa shape index (κ2) is 14.0. The third-order valence-electron chi connectivity index (χ3n) is 9.13. The van der Waals surface area contributed by atoms with Crippen molar-refractivity contribution in [2.24, 2.45) is 14.1 Å². The maximum absolute atomic E-state index is 12.8. The molecule has 1 atom stereocenters. The molecule has 1 aliphatic heterocycles. The Hall–Kier alpha value is -6.61. The van der Waals surface area contributed by atoms with E-state index in [1.54, 1.807) is 40.6 Å². The number of ether oxygens (including phenoxy) is 1. The highest BCUT2D eigenvalue weighted by atomic mass is 16.5. The van der Waals surface area contributed by atoms with Gasteiger partial charge in [0.05, 0.1) is 23.3 Å². The number of nitrogens with zero attached hydrogens (tertiary/aromatic N) is 5. The molecule has 4 aromatic heterocycles. The van der Waals surface area contributed by atoms with Gasteiger partial charge >= 0.3 is 5.69 Å². The zero-order chi connectivity index (χ0) is 36.5. The minimum atomic E-state index is -0.761. The van der Waals surface area contributed by atoms with Crippen LogP contribution in [0.15, 0.2) is 84.0 Å². The summed E-state index contributed by atoms with van der Waals surface area (Å²) in [7, 11) is 3.62. The topological polar surface area (TPSA) is 150 Å². The molecule has 1 unspecified atom stereocenters. The summed E-state index contributed by atoms with van der Waals surface area (Å²) in [6, 6.07) is 19.0. The Balaban J connectivity index is 1.03. The maximum Gasteiger partial charge on any atom is 0.328 e. The van der Waals surface area contributed by atoms with Gasteiger partial charge in [0, 0.05) is 62.5 Å². The molecule has 1 fully saturated rings. The number of carbonyl (C=O) groups excluding carboxylic acids is 3. The van der Waals surface area contributed by atoms with Crippen molar-refractivity contribution in [1.82, 2.24) is 34.7 Å². The number of imidazole rings is 1. The van der Waals surface area contributed by atoms with Crippen molar-refractivity contribution in [2.75, 3.05) is 6.54 Å². The molecular weight excluding hydrogens is 658 g/mol. The summed E-state index contributed by atoms with van der Waals surface area (Å²) in [6.07, 6.45) is 4.74. The lowest BCUT2D eigenvalue weighted by Gasteiger charge is -2.21. The second-order valence-corrected chi connectivity index (χ2v) is 12.9. The first kappa shape index (κ1) is 33.9. The van der Waals surface area contributed by atoms with Crippen molar-refractivity contribution in [3.63, 3.8) is 0 Å². The Labute approximate surface area is 298 Å². The van der Waals surface area contributed by atoms with Crippen LogP contribution in [0.3, 0.4) is 0 Å². The number of carbonyl (C=O) groups is 3. The number of hydrogen-bond acceptors (Lipinski definition) is 8. The maximum atomic E-state index is 12.8. The number of hydrogen-bond donors (Lipinski definition) is 2. The lowest BCUT2D eigenvalue weighted by atomic mass is 9.93. The van der Waals surface area contributed by atoms with E-state index in [-0.39, 0.29) is 42.1 Å². The molecule has 1 saturated heterocycles. The number of nitrogens with one attached hydrogen (secondary N) is 2. The van der Waals surface area contributed by atoms with E-state index in [4.69, 9.17) is 9.72 Å². The van der Waals surface area contributed by atoms with Crippen molar-refractivity contribution in [3.8, 4) is 40.0 Å². The van der Waals surface area contributed by atoms with Gasteiger partial charge in [-0.2, -0.15) is 0 Å². The van der Waals surface area contributed by atoms with Crippen LogP contribution in [0.5, 0.6) is 5.75 Å². The van der Waals surface area contributed by atoms with Crippen LogP contribution in [0, 0.1) is 11.8 Å². The molecule has 0 aliphatic carbocycles. The van der Waals surface area contributed by atoms with Gasteiger partial charge < -0.3 is 10.1 Å². The Morgan fingerprint density at radius 1 is 0.981 bits per heavy atom. The molecule has 12 heteroatoms. The van der Waals surface area contributed by atoms with Gasteiger partial charge in [-0.15, -0.1) is 0 Å². The van der Waals surface area contributed by atoms with E-state index in [9.17, 15) is 19.2 Å². The fourth-order valence-electron chi connectivity index (χ4n) is 6.40. The fraction of sp³-hybridized carbons (Fsp3) is 0.225. The minimum absolute atomic E-state index is 0.0550. The van der Waals surface area contributed by atoms with Crippen LogP contribution in [-0.2, 0) is 23.7 Å². The van der Waals surface area contributed by atoms with E-state index in [0.29, 0.717) is 17.9 Å². The average molecular weight is 694 g/mol. The lowest BCUT2D eigenvalue weighted by Crippen LogP contribution is -2.46. The molecule has 0 spiro atoms. The standard InChI is InChI=1S/C40H35N7O5/c1-23(2)30-17-26(19-34-37(30)47(4)40(51)46(34)3)29-9-5-7-24-18-33(44-22-31(24)29)25-10-11-32(43-21-25)38(49)42-15-6-8-27-20-28(14-16-41-27)52-35-12-13-36(48)45-39(35)50/h5,7,9-11,14,16-23,35H,12-13,15H2,1-4H3,(H,42,49)(H,45,48,50). The Bertz CT molecular complexity index is 2520. The van der Waals surface area contributed by atoms with E-state index >= 15 is 0 Å². The number of benzene rings is 2. The molecule has 2 aromatic carbocycles. The molecule has 52 heavy (non-hydrogen) atoms. The van der Waals surface area contributed by atoms with Gasteiger partial charge in [0.25, 0.3) is 11.8 Å². The quantitative estimate of drug-likeness (QED) is 0.182. The summed E-state index contributed by atoms with van der Waals surface area (Å²) in [5.74, 6) is 5.20. The van der Waals surface area contributed by atoms with Crippen LogP contribution in [-0.4, -0.2) is 54.5 Å².